The van der Waals surface area contributed by atoms with Gasteiger partial charge in [-0.2, -0.15) is 13.2 Å². The number of amides is 1. The Balaban J connectivity index is 3.12. The Labute approximate surface area is 129 Å². The normalized spacial score (nSPS) is 15.0. The summed E-state index contributed by atoms with van der Waals surface area (Å²) in [6.45, 7) is 3.39. The SMILES string of the molecule is C=CS(=O)(=O)c1ccc(NC(=O)C(C)(O)C(F)(F)F)c(Cl)c1. The number of carbonyl (C=O) groups is 1. The molecule has 0 heterocycles. The number of aliphatic hydroxyl groups is 1. The zero-order valence-electron chi connectivity index (χ0n) is 11.1. The van der Waals surface area contributed by atoms with Gasteiger partial charge >= 0.3 is 6.18 Å². The van der Waals surface area contributed by atoms with E-state index in [1.165, 1.54) is 0 Å². The molecular weight excluding hydrogens is 347 g/mol. The van der Waals surface area contributed by atoms with Crippen LogP contribution in [0.25, 0.3) is 0 Å². The third-order valence-electron chi connectivity index (χ3n) is 2.73. The summed E-state index contributed by atoms with van der Waals surface area (Å²) in [4.78, 5) is 11.3. The molecule has 0 aliphatic carbocycles. The van der Waals surface area contributed by atoms with Crippen LogP contribution in [-0.4, -0.2) is 31.2 Å². The van der Waals surface area contributed by atoms with Crippen LogP contribution in [0.3, 0.4) is 0 Å². The van der Waals surface area contributed by atoms with Gasteiger partial charge in [-0.15, -0.1) is 0 Å². The van der Waals surface area contributed by atoms with E-state index in [1.54, 1.807) is 5.32 Å². The quantitative estimate of drug-likeness (QED) is 0.867. The van der Waals surface area contributed by atoms with Gasteiger partial charge in [0.25, 0.3) is 5.91 Å². The van der Waals surface area contributed by atoms with E-state index >= 15 is 0 Å². The van der Waals surface area contributed by atoms with E-state index in [1.807, 2.05) is 0 Å². The Morgan fingerprint density at radius 1 is 1.41 bits per heavy atom. The van der Waals surface area contributed by atoms with Crippen LogP contribution in [0.2, 0.25) is 5.02 Å². The number of rotatable bonds is 4. The zero-order chi connectivity index (χ0) is 17.3. The molecule has 5 nitrogen and oxygen atoms in total. The topological polar surface area (TPSA) is 83.5 Å². The average Bonchev–Trinajstić information content (AvgIpc) is 2.39. The second-order valence-electron chi connectivity index (χ2n) is 4.38. The van der Waals surface area contributed by atoms with Gasteiger partial charge < -0.3 is 10.4 Å². The number of halogens is 4. The second-order valence-corrected chi connectivity index (χ2v) is 6.68. The molecule has 1 aromatic rings. The Bertz CT molecular complexity index is 714. The lowest BCUT2D eigenvalue weighted by atomic mass is 10.1. The van der Waals surface area contributed by atoms with Crippen molar-refractivity contribution in [1.82, 2.24) is 0 Å². The van der Waals surface area contributed by atoms with E-state index in [-0.39, 0.29) is 22.5 Å². The van der Waals surface area contributed by atoms with Gasteiger partial charge in [-0.1, -0.05) is 18.2 Å². The maximum Gasteiger partial charge on any atom is 0.426 e. The van der Waals surface area contributed by atoms with E-state index in [4.69, 9.17) is 11.6 Å². The van der Waals surface area contributed by atoms with Crippen LogP contribution in [0.4, 0.5) is 18.9 Å². The van der Waals surface area contributed by atoms with Gasteiger partial charge in [0.15, 0.2) is 9.84 Å². The summed E-state index contributed by atoms with van der Waals surface area (Å²) in [7, 11) is -3.78. The number of hydrogen-bond acceptors (Lipinski definition) is 4. The predicted octanol–water partition coefficient (Wildman–Crippen LogP) is 2.51. The highest BCUT2D eigenvalue weighted by molar-refractivity contribution is 7.94. The first-order chi connectivity index (χ1) is 9.83. The molecule has 22 heavy (non-hydrogen) atoms. The molecule has 1 rings (SSSR count). The Kier molecular flexibility index (Phi) is 4.95. The number of anilines is 1. The molecule has 0 bridgehead atoms. The van der Waals surface area contributed by atoms with E-state index in [0.29, 0.717) is 5.41 Å². The van der Waals surface area contributed by atoms with Crippen LogP contribution in [0.15, 0.2) is 35.1 Å². The molecule has 0 radical (unpaired) electrons. The molecule has 0 aliphatic rings. The molecule has 0 saturated heterocycles. The summed E-state index contributed by atoms with van der Waals surface area (Å²) < 4.78 is 60.6. The van der Waals surface area contributed by atoms with Crippen LogP contribution in [0.1, 0.15) is 6.92 Å². The molecule has 0 spiro atoms. The number of sulfone groups is 1. The lowest BCUT2D eigenvalue weighted by Gasteiger charge is -2.25. The van der Waals surface area contributed by atoms with Gasteiger partial charge in [0.2, 0.25) is 5.60 Å². The lowest BCUT2D eigenvalue weighted by Crippen LogP contribution is -2.52. The first kappa shape index (κ1) is 18.5. The molecule has 0 saturated carbocycles. The Morgan fingerprint density at radius 3 is 2.36 bits per heavy atom. The van der Waals surface area contributed by atoms with E-state index in [2.05, 4.69) is 6.58 Å². The summed E-state index contributed by atoms with van der Waals surface area (Å²) in [5, 5.41) is 11.4. The first-order valence-corrected chi connectivity index (χ1v) is 7.53. The largest absolute Gasteiger partial charge is 0.426 e. The minimum atomic E-state index is -5.18. The van der Waals surface area contributed by atoms with Crippen molar-refractivity contribution in [1.29, 1.82) is 0 Å². The fourth-order valence-electron chi connectivity index (χ4n) is 1.24. The average molecular weight is 358 g/mol. The molecular formula is C12H11ClF3NO4S. The molecule has 0 fully saturated rings. The van der Waals surface area contributed by atoms with Gasteiger partial charge in [0, 0.05) is 5.41 Å². The van der Waals surface area contributed by atoms with Crippen LogP contribution >= 0.6 is 11.6 Å². The van der Waals surface area contributed by atoms with Crippen molar-refractivity contribution in [2.75, 3.05) is 5.32 Å². The van der Waals surface area contributed by atoms with Gasteiger partial charge in [-0.05, 0) is 25.1 Å². The molecule has 0 aromatic heterocycles. The fraction of sp³-hybridized carbons (Fsp3) is 0.250. The van der Waals surface area contributed by atoms with Crippen LogP contribution in [-0.2, 0) is 14.6 Å². The molecule has 10 heteroatoms. The molecule has 1 unspecified atom stereocenters. The first-order valence-electron chi connectivity index (χ1n) is 5.60. The Hall–Kier alpha value is -1.58. The van der Waals surface area contributed by atoms with Crippen molar-refractivity contribution in [2.24, 2.45) is 0 Å². The number of hydrogen-bond donors (Lipinski definition) is 2. The Morgan fingerprint density at radius 2 is 1.95 bits per heavy atom. The molecule has 1 amide bonds. The summed E-state index contributed by atoms with van der Waals surface area (Å²) in [6.07, 6.45) is -5.18. The molecule has 122 valence electrons. The van der Waals surface area contributed by atoms with Gasteiger partial charge in [0.1, 0.15) is 0 Å². The van der Waals surface area contributed by atoms with Crippen LogP contribution in [0.5, 0.6) is 0 Å². The smallest absolute Gasteiger partial charge is 0.373 e. The highest BCUT2D eigenvalue weighted by Crippen LogP contribution is 2.32. The van der Waals surface area contributed by atoms with Crippen molar-refractivity contribution in [3.63, 3.8) is 0 Å². The van der Waals surface area contributed by atoms with Crippen LogP contribution in [0, 0.1) is 0 Å². The third kappa shape index (κ3) is 3.60. The van der Waals surface area contributed by atoms with Crippen molar-refractivity contribution >= 4 is 33.0 Å². The lowest BCUT2D eigenvalue weighted by molar-refractivity contribution is -0.242. The summed E-state index contributed by atoms with van der Waals surface area (Å²) >= 11 is 5.72. The minimum absolute atomic E-state index is 0.243. The fourth-order valence-corrected chi connectivity index (χ4v) is 2.27. The van der Waals surface area contributed by atoms with Crippen LogP contribution < -0.4 is 5.32 Å². The summed E-state index contributed by atoms with van der Waals surface area (Å²) in [6, 6.07) is 2.97. The second kappa shape index (κ2) is 5.90. The number of alkyl halides is 3. The minimum Gasteiger partial charge on any atom is -0.373 e. The van der Waals surface area contributed by atoms with Gasteiger partial charge in [0.05, 0.1) is 15.6 Å². The van der Waals surface area contributed by atoms with E-state index < -0.39 is 27.5 Å². The predicted molar refractivity (Wildman–Crippen MR) is 74.1 cm³/mol. The highest BCUT2D eigenvalue weighted by Gasteiger charge is 2.55. The molecule has 2 N–H and O–H groups in total. The number of nitrogens with one attached hydrogen (secondary N) is 1. The third-order valence-corrected chi connectivity index (χ3v) is 4.39. The van der Waals surface area contributed by atoms with Gasteiger partial charge in [-0.3, -0.25) is 4.79 Å². The van der Waals surface area contributed by atoms with Crippen molar-refractivity contribution < 1.29 is 31.5 Å². The monoisotopic (exact) mass is 357 g/mol. The maximum absolute atomic E-state index is 12.5. The van der Waals surface area contributed by atoms with E-state index in [0.717, 1.165) is 18.2 Å². The molecule has 0 aliphatic heterocycles. The maximum atomic E-state index is 12.5. The standard InChI is InChI=1S/C12H11ClF3NO4S/c1-3-22(20,21)7-4-5-9(8(13)6-7)17-10(18)11(2,19)12(14,15)16/h3-6,19H,1H2,2H3,(H,17,18). The highest BCUT2D eigenvalue weighted by atomic mass is 35.5. The number of benzene rings is 1. The summed E-state index contributed by atoms with van der Waals surface area (Å²) in [5.41, 5.74) is -3.90. The van der Waals surface area contributed by atoms with Crippen molar-refractivity contribution in [3.8, 4) is 0 Å². The summed E-state index contributed by atoms with van der Waals surface area (Å²) in [5.74, 6) is -1.75. The van der Waals surface area contributed by atoms with E-state index in [9.17, 15) is 31.5 Å². The van der Waals surface area contributed by atoms with Crippen molar-refractivity contribution in [2.45, 2.75) is 23.6 Å². The zero-order valence-corrected chi connectivity index (χ0v) is 12.7. The van der Waals surface area contributed by atoms with Gasteiger partial charge in [-0.25, -0.2) is 8.42 Å². The number of carbonyl (C=O) groups excluding carboxylic acids is 1. The molecule has 1 aromatic carbocycles. The van der Waals surface area contributed by atoms with Crippen molar-refractivity contribution in [3.05, 3.63) is 35.2 Å². The molecule has 1 atom stereocenters.